The second-order valence-corrected chi connectivity index (χ2v) is 10.9. The molecule has 0 saturated heterocycles. The van der Waals surface area contributed by atoms with Crippen LogP contribution in [-0.2, 0) is 26.3 Å². The van der Waals surface area contributed by atoms with E-state index in [1.165, 1.54) is 29.9 Å². The van der Waals surface area contributed by atoms with Crippen LogP contribution in [0.15, 0.2) is 64.0 Å². The van der Waals surface area contributed by atoms with Crippen molar-refractivity contribution in [2.75, 3.05) is 7.11 Å². The van der Waals surface area contributed by atoms with Gasteiger partial charge in [0.15, 0.2) is 0 Å². The van der Waals surface area contributed by atoms with Crippen LogP contribution < -0.4 is 5.69 Å². The molecule has 190 valence electrons. The fourth-order valence-electron chi connectivity index (χ4n) is 3.73. The summed E-state index contributed by atoms with van der Waals surface area (Å²) in [4.78, 5) is 42.6. The minimum Gasteiger partial charge on any atom is -0.466 e. The summed E-state index contributed by atoms with van der Waals surface area (Å²) in [5.41, 5.74) is -2.83. The molecule has 12 heteroatoms. The first-order chi connectivity index (χ1) is 16.9. The van der Waals surface area contributed by atoms with Crippen LogP contribution in [0.4, 0.5) is 8.78 Å². The Morgan fingerprint density at radius 3 is 2.44 bits per heavy atom. The fourth-order valence-corrected chi connectivity index (χ4v) is 5.07. The van der Waals surface area contributed by atoms with Crippen LogP contribution in [0.3, 0.4) is 0 Å². The molecule has 2 aromatic carbocycles. The van der Waals surface area contributed by atoms with Crippen LogP contribution in [0.2, 0.25) is 0 Å². The molecule has 0 spiro atoms. The largest absolute Gasteiger partial charge is 0.466 e. The van der Waals surface area contributed by atoms with Crippen molar-refractivity contribution in [3.63, 3.8) is 0 Å². The molecular formula is C24H22BrF2N2O6P. The first-order valence-corrected chi connectivity index (χ1v) is 13.2. The highest BCUT2D eigenvalue weighted by atomic mass is 79.9. The molecule has 1 aliphatic carbocycles. The third kappa shape index (κ3) is 5.29. The van der Waals surface area contributed by atoms with E-state index in [9.17, 15) is 22.9 Å². The van der Waals surface area contributed by atoms with E-state index in [0.29, 0.717) is 11.3 Å². The molecule has 8 nitrogen and oxygen atoms in total. The van der Waals surface area contributed by atoms with Crippen molar-refractivity contribution in [3.8, 4) is 11.3 Å². The molecule has 0 bridgehead atoms. The van der Waals surface area contributed by atoms with Gasteiger partial charge in [-0.25, -0.2) is 9.59 Å². The molecule has 2 N–H and O–H groups in total. The average molecular weight is 583 g/mol. The highest BCUT2D eigenvalue weighted by molar-refractivity contribution is 9.10. The summed E-state index contributed by atoms with van der Waals surface area (Å²) in [6.45, 7) is 0.0538. The summed E-state index contributed by atoms with van der Waals surface area (Å²) in [7, 11) is -4.44. The zero-order chi connectivity index (χ0) is 26.3. The summed E-state index contributed by atoms with van der Waals surface area (Å²) in [6.07, 6.45) is 6.44. The number of hydrogen-bond donors (Lipinski definition) is 2. The summed E-state index contributed by atoms with van der Waals surface area (Å²) in [5, 5.41) is 0. The van der Waals surface area contributed by atoms with Gasteiger partial charge in [-0.05, 0) is 41.7 Å². The second-order valence-electron chi connectivity index (χ2n) is 8.40. The van der Waals surface area contributed by atoms with Crippen molar-refractivity contribution in [1.82, 2.24) is 9.13 Å². The number of ether oxygens (including phenoxy) is 1. The number of hydrogen-bond acceptors (Lipinski definition) is 4. The van der Waals surface area contributed by atoms with E-state index in [-0.39, 0.29) is 22.7 Å². The number of carbonyl (C=O) groups excluding carboxylic acids is 1. The minimum atomic E-state index is -5.72. The number of carbonyl (C=O) groups is 1. The van der Waals surface area contributed by atoms with E-state index in [1.807, 2.05) is 0 Å². The lowest BCUT2D eigenvalue weighted by atomic mass is 10.1. The minimum absolute atomic E-state index is 0.0538. The van der Waals surface area contributed by atoms with Crippen molar-refractivity contribution in [2.24, 2.45) is 0 Å². The molecule has 36 heavy (non-hydrogen) atoms. The Morgan fingerprint density at radius 2 is 1.89 bits per heavy atom. The maximum absolute atomic E-state index is 14.2. The lowest BCUT2D eigenvalue weighted by Crippen LogP contribution is -2.24. The summed E-state index contributed by atoms with van der Waals surface area (Å²) >= 11 is 2.99. The van der Waals surface area contributed by atoms with Crippen LogP contribution in [0.1, 0.15) is 35.6 Å². The van der Waals surface area contributed by atoms with Crippen molar-refractivity contribution >= 4 is 35.6 Å². The van der Waals surface area contributed by atoms with Crippen LogP contribution in [0.25, 0.3) is 17.3 Å². The molecule has 0 amide bonds. The Balaban J connectivity index is 1.69. The van der Waals surface area contributed by atoms with Gasteiger partial charge in [0.1, 0.15) is 0 Å². The van der Waals surface area contributed by atoms with E-state index in [2.05, 4.69) is 20.7 Å². The second kappa shape index (κ2) is 9.89. The van der Waals surface area contributed by atoms with Crippen LogP contribution in [-0.4, -0.2) is 32.0 Å². The summed E-state index contributed by atoms with van der Waals surface area (Å²) < 4.78 is 47.3. The van der Waals surface area contributed by atoms with Crippen LogP contribution in [0.5, 0.6) is 0 Å². The van der Waals surface area contributed by atoms with Gasteiger partial charge >= 0.3 is 24.9 Å². The number of esters is 1. The molecule has 1 heterocycles. The molecule has 1 saturated carbocycles. The van der Waals surface area contributed by atoms with Crippen LogP contribution in [0, 0.1) is 0 Å². The third-order valence-corrected chi connectivity index (χ3v) is 7.46. The Bertz CT molecular complexity index is 1440. The highest BCUT2D eigenvalue weighted by Gasteiger charge is 2.51. The molecule has 0 atom stereocenters. The first-order valence-electron chi connectivity index (χ1n) is 10.8. The molecule has 1 aliphatic rings. The predicted octanol–water partition coefficient (Wildman–Crippen LogP) is 4.88. The molecule has 0 radical (unpaired) electrons. The molecule has 1 fully saturated rings. The van der Waals surface area contributed by atoms with Crippen molar-refractivity contribution in [1.29, 1.82) is 0 Å². The molecular weight excluding hydrogens is 561 g/mol. The zero-order valence-electron chi connectivity index (χ0n) is 19.0. The van der Waals surface area contributed by atoms with Gasteiger partial charge in [0.2, 0.25) is 0 Å². The first kappa shape index (κ1) is 26.2. The lowest BCUT2D eigenvalue weighted by molar-refractivity contribution is -0.134. The van der Waals surface area contributed by atoms with Gasteiger partial charge < -0.3 is 14.5 Å². The predicted molar refractivity (Wildman–Crippen MR) is 133 cm³/mol. The quantitative estimate of drug-likeness (QED) is 0.222. The fraction of sp³-hybridized carbons (Fsp3) is 0.250. The van der Waals surface area contributed by atoms with E-state index in [1.54, 1.807) is 41.1 Å². The normalized spacial score (nSPS) is 14.4. The number of benzene rings is 2. The van der Waals surface area contributed by atoms with E-state index in [0.717, 1.165) is 30.0 Å². The zero-order valence-corrected chi connectivity index (χ0v) is 21.5. The molecule has 3 aromatic rings. The highest BCUT2D eigenvalue weighted by Crippen LogP contribution is 2.60. The van der Waals surface area contributed by atoms with Crippen LogP contribution >= 0.6 is 23.5 Å². The Morgan fingerprint density at radius 1 is 1.22 bits per heavy atom. The van der Waals surface area contributed by atoms with Crippen molar-refractivity contribution in [2.45, 2.75) is 31.1 Å². The van der Waals surface area contributed by atoms with Gasteiger partial charge in [0, 0.05) is 28.4 Å². The number of alkyl halides is 2. The smallest absolute Gasteiger partial charge is 0.399 e. The monoisotopic (exact) mass is 582 g/mol. The summed E-state index contributed by atoms with van der Waals surface area (Å²) in [5.74, 6) is -0.481. The number of aromatic nitrogens is 2. The molecule has 0 aliphatic heterocycles. The number of imidazole rings is 1. The van der Waals surface area contributed by atoms with Gasteiger partial charge in [-0.2, -0.15) is 8.78 Å². The van der Waals surface area contributed by atoms with Gasteiger partial charge in [0.25, 0.3) is 0 Å². The standard InChI is InChI=1S/C24H22BrF2N2O6P/c1-35-22(30)11-5-15-2-6-17(7-3-15)21-14-28(18-8-9-18)23(31)29(21)13-16-4-10-19(20(25)12-16)24(26,27)36(32,33)34/h2-7,10-12,14,18H,8-9,13H2,1H3,(H2,32,33,34). The Hall–Kier alpha value is -2.85. The number of rotatable bonds is 8. The van der Waals surface area contributed by atoms with Crippen molar-refractivity contribution < 1.29 is 32.7 Å². The molecule has 4 rings (SSSR count). The summed E-state index contributed by atoms with van der Waals surface area (Å²) in [6, 6.07) is 10.9. The third-order valence-electron chi connectivity index (χ3n) is 5.83. The van der Waals surface area contributed by atoms with Gasteiger partial charge in [0.05, 0.1) is 19.3 Å². The maximum atomic E-state index is 14.2. The van der Waals surface area contributed by atoms with Gasteiger partial charge in [-0.3, -0.25) is 13.7 Å². The molecule has 1 aromatic heterocycles. The maximum Gasteiger partial charge on any atom is 0.399 e. The van der Waals surface area contributed by atoms with E-state index < -0.39 is 24.8 Å². The SMILES string of the molecule is COC(=O)C=Cc1ccc(-c2cn(C3CC3)c(=O)n2Cc2ccc(C(F)(F)P(=O)(O)O)c(Br)c2)cc1. The van der Waals surface area contributed by atoms with Gasteiger partial charge in [-0.1, -0.05) is 52.3 Å². The average Bonchev–Trinajstić information content (AvgIpc) is 3.62. The number of methoxy groups -OCH3 is 1. The van der Waals surface area contributed by atoms with Gasteiger partial charge in [-0.15, -0.1) is 0 Å². The number of nitrogens with zero attached hydrogens (tertiary/aromatic N) is 2. The molecule has 0 unspecified atom stereocenters. The number of halogens is 3. The van der Waals surface area contributed by atoms with Crippen molar-refractivity contribution in [3.05, 3.63) is 86.4 Å². The topological polar surface area (TPSA) is 111 Å². The Labute approximate surface area is 213 Å². The van der Waals surface area contributed by atoms with E-state index in [4.69, 9.17) is 9.79 Å². The Kier molecular flexibility index (Phi) is 7.21. The van der Waals surface area contributed by atoms with E-state index >= 15 is 0 Å². The lowest BCUT2D eigenvalue weighted by Gasteiger charge is -2.19.